The maximum absolute atomic E-state index is 5.55. The topological polar surface area (TPSA) is 48.1 Å². The van der Waals surface area contributed by atoms with Crippen LogP contribution in [-0.2, 0) is 6.42 Å². The molecule has 1 heterocycles. The van der Waals surface area contributed by atoms with Gasteiger partial charge in [0.05, 0.1) is 12.8 Å². The molecule has 1 aromatic heterocycles. The lowest BCUT2D eigenvalue weighted by molar-refractivity contribution is 0.270. The van der Waals surface area contributed by atoms with Crippen molar-refractivity contribution in [1.29, 1.82) is 0 Å². The zero-order valence-electron chi connectivity index (χ0n) is 8.86. The first kappa shape index (κ1) is 11.0. The Balaban J connectivity index is 2.54. The molecule has 0 fully saturated rings. The van der Waals surface area contributed by atoms with E-state index in [1.165, 1.54) is 0 Å². The molecule has 0 aromatic carbocycles. The van der Waals surface area contributed by atoms with Gasteiger partial charge in [0.1, 0.15) is 5.75 Å². The minimum atomic E-state index is 0.535. The quantitative estimate of drug-likeness (QED) is 0.774. The molecule has 2 N–H and O–H groups in total. The van der Waals surface area contributed by atoms with Crippen molar-refractivity contribution in [3.63, 3.8) is 0 Å². The molecule has 0 aliphatic rings. The molecule has 3 heteroatoms. The smallest absolute Gasteiger partial charge is 0.137 e. The fraction of sp³-hybridized carbons (Fsp3) is 0.545. The predicted molar refractivity (Wildman–Crippen MR) is 57.3 cm³/mol. The van der Waals surface area contributed by atoms with Gasteiger partial charge in [-0.3, -0.25) is 4.98 Å². The first-order valence-corrected chi connectivity index (χ1v) is 4.99. The van der Waals surface area contributed by atoms with Crippen molar-refractivity contribution in [2.75, 3.05) is 13.2 Å². The molecule has 0 spiro atoms. The van der Waals surface area contributed by atoms with Crippen molar-refractivity contribution >= 4 is 0 Å². The summed E-state index contributed by atoms with van der Waals surface area (Å²) in [6.07, 6.45) is 4.42. The van der Waals surface area contributed by atoms with Gasteiger partial charge >= 0.3 is 0 Å². The molecule has 14 heavy (non-hydrogen) atoms. The van der Waals surface area contributed by atoms with Crippen LogP contribution in [0, 0.1) is 5.92 Å². The summed E-state index contributed by atoms with van der Waals surface area (Å²) in [6, 6.07) is 2.00. The number of rotatable bonds is 5. The number of ether oxygens (including phenoxy) is 1. The lowest BCUT2D eigenvalue weighted by Crippen LogP contribution is -2.06. The minimum Gasteiger partial charge on any atom is -0.492 e. The zero-order chi connectivity index (χ0) is 10.4. The molecule has 1 aromatic rings. The lowest BCUT2D eigenvalue weighted by Gasteiger charge is -2.08. The summed E-state index contributed by atoms with van der Waals surface area (Å²) in [4.78, 5) is 4.10. The van der Waals surface area contributed by atoms with Crippen LogP contribution in [0.2, 0.25) is 0 Å². The first-order valence-electron chi connectivity index (χ1n) is 4.99. The van der Waals surface area contributed by atoms with Crippen LogP contribution in [0.3, 0.4) is 0 Å². The number of nitrogens with two attached hydrogens (primary N) is 1. The van der Waals surface area contributed by atoms with E-state index in [2.05, 4.69) is 18.8 Å². The molecule has 0 aliphatic carbocycles. The summed E-state index contributed by atoms with van der Waals surface area (Å²) in [5.74, 6) is 1.37. The maximum Gasteiger partial charge on any atom is 0.137 e. The Bertz CT molecular complexity index is 274. The Morgan fingerprint density at radius 1 is 1.43 bits per heavy atom. The third-order valence-corrected chi connectivity index (χ3v) is 1.79. The molecule has 0 unspecified atom stereocenters. The van der Waals surface area contributed by atoms with Gasteiger partial charge < -0.3 is 10.5 Å². The van der Waals surface area contributed by atoms with E-state index in [4.69, 9.17) is 10.5 Å². The van der Waals surface area contributed by atoms with Gasteiger partial charge in [-0.25, -0.2) is 0 Å². The highest BCUT2D eigenvalue weighted by molar-refractivity contribution is 5.23. The summed E-state index contributed by atoms with van der Waals surface area (Å²) >= 11 is 0. The molecule has 0 amide bonds. The summed E-state index contributed by atoms with van der Waals surface area (Å²) in [7, 11) is 0. The van der Waals surface area contributed by atoms with Crippen molar-refractivity contribution in [3.8, 4) is 5.75 Å². The number of pyridine rings is 1. The maximum atomic E-state index is 5.55. The van der Waals surface area contributed by atoms with Gasteiger partial charge in [-0.05, 0) is 30.5 Å². The van der Waals surface area contributed by atoms with Crippen molar-refractivity contribution in [3.05, 3.63) is 24.0 Å². The monoisotopic (exact) mass is 194 g/mol. The largest absolute Gasteiger partial charge is 0.492 e. The number of hydrogen-bond acceptors (Lipinski definition) is 3. The van der Waals surface area contributed by atoms with Crippen molar-refractivity contribution in [2.24, 2.45) is 11.7 Å². The zero-order valence-corrected chi connectivity index (χ0v) is 8.86. The van der Waals surface area contributed by atoms with E-state index in [0.717, 1.165) is 24.3 Å². The van der Waals surface area contributed by atoms with Gasteiger partial charge in [-0.15, -0.1) is 0 Å². The van der Waals surface area contributed by atoms with Gasteiger partial charge in [-0.1, -0.05) is 13.8 Å². The van der Waals surface area contributed by atoms with Crippen molar-refractivity contribution < 1.29 is 4.74 Å². The lowest BCUT2D eigenvalue weighted by atomic mass is 10.2. The highest BCUT2D eigenvalue weighted by atomic mass is 16.5. The molecular weight excluding hydrogens is 176 g/mol. The normalized spacial score (nSPS) is 10.6. The van der Waals surface area contributed by atoms with Crippen LogP contribution in [0.4, 0.5) is 0 Å². The summed E-state index contributed by atoms with van der Waals surface area (Å²) in [5.41, 5.74) is 6.60. The Kier molecular flexibility index (Phi) is 4.40. The predicted octanol–water partition coefficient (Wildman–Crippen LogP) is 1.62. The van der Waals surface area contributed by atoms with Gasteiger partial charge in [-0.2, -0.15) is 0 Å². The van der Waals surface area contributed by atoms with Crippen LogP contribution >= 0.6 is 0 Å². The Morgan fingerprint density at radius 3 is 2.86 bits per heavy atom. The second kappa shape index (κ2) is 5.60. The second-order valence-electron chi connectivity index (χ2n) is 3.77. The number of aromatic nitrogens is 1. The van der Waals surface area contributed by atoms with Crippen LogP contribution in [0.1, 0.15) is 19.4 Å². The first-order chi connectivity index (χ1) is 6.72. The highest BCUT2D eigenvalue weighted by Gasteiger charge is 1.99. The van der Waals surface area contributed by atoms with Crippen LogP contribution in [0.15, 0.2) is 18.5 Å². The Hall–Kier alpha value is -1.09. The molecule has 0 saturated carbocycles. The average molecular weight is 194 g/mol. The van der Waals surface area contributed by atoms with Crippen molar-refractivity contribution in [2.45, 2.75) is 20.3 Å². The van der Waals surface area contributed by atoms with E-state index < -0.39 is 0 Å². The molecular formula is C11H18N2O. The van der Waals surface area contributed by atoms with E-state index in [9.17, 15) is 0 Å². The highest BCUT2D eigenvalue weighted by Crippen LogP contribution is 2.12. The molecule has 0 aliphatic heterocycles. The molecule has 0 saturated heterocycles. The van der Waals surface area contributed by atoms with E-state index in [1.807, 2.05) is 12.3 Å². The minimum absolute atomic E-state index is 0.535. The van der Waals surface area contributed by atoms with Crippen LogP contribution < -0.4 is 10.5 Å². The van der Waals surface area contributed by atoms with Crippen LogP contribution in [0.25, 0.3) is 0 Å². The number of nitrogens with zero attached hydrogens (tertiary/aromatic N) is 1. The SMILES string of the molecule is CC(C)COc1cncc(CCN)c1. The van der Waals surface area contributed by atoms with Gasteiger partial charge in [0.25, 0.3) is 0 Å². The molecule has 1 rings (SSSR count). The third-order valence-electron chi connectivity index (χ3n) is 1.79. The van der Waals surface area contributed by atoms with Gasteiger partial charge in [0.15, 0.2) is 0 Å². The summed E-state index contributed by atoms with van der Waals surface area (Å²) in [5, 5.41) is 0. The molecule has 0 radical (unpaired) electrons. The van der Waals surface area contributed by atoms with E-state index in [-0.39, 0.29) is 0 Å². The van der Waals surface area contributed by atoms with E-state index >= 15 is 0 Å². The summed E-state index contributed by atoms with van der Waals surface area (Å²) in [6.45, 7) is 5.62. The van der Waals surface area contributed by atoms with E-state index in [1.54, 1.807) is 6.20 Å². The third kappa shape index (κ3) is 3.75. The molecule has 0 atom stereocenters. The van der Waals surface area contributed by atoms with Gasteiger partial charge in [0.2, 0.25) is 0 Å². The van der Waals surface area contributed by atoms with Crippen LogP contribution in [0.5, 0.6) is 5.75 Å². The average Bonchev–Trinajstić information content (AvgIpc) is 2.16. The van der Waals surface area contributed by atoms with Gasteiger partial charge in [0, 0.05) is 6.20 Å². The Labute approximate surface area is 85.3 Å². The van der Waals surface area contributed by atoms with Crippen molar-refractivity contribution in [1.82, 2.24) is 4.98 Å². The standard InChI is InChI=1S/C11H18N2O/c1-9(2)8-14-11-5-10(3-4-12)6-13-7-11/h5-7,9H,3-4,8,12H2,1-2H3. The number of hydrogen-bond donors (Lipinski definition) is 1. The summed E-state index contributed by atoms with van der Waals surface area (Å²) < 4.78 is 5.55. The van der Waals surface area contributed by atoms with Crippen LogP contribution in [-0.4, -0.2) is 18.1 Å². The second-order valence-corrected chi connectivity index (χ2v) is 3.77. The fourth-order valence-corrected chi connectivity index (χ4v) is 1.11. The van der Waals surface area contributed by atoms with E-state index in [0.29, 0.717) is 12.5 Å². The fourth-order valence-electron chi connectivity index (χ4n) is 1.11. The Morgan fingerprint density at radius 2 is 2.21 bits per heavy atom. The molecule has 78 valence electrons. The molecule has 3 nitrogen and oxygen atoms in total. The molecule has 0 bridgehead atoms.